The van der Waals surface area contributed by atoms with Gasteiger partial charge in [-0.2, -0.15) is 0 Å². The third-order valence-electron chi connectivity index (χ3n) is 3.15. The van der Waals surface area contributed by atoms with E-state index in [0.717, 1.165) is 30.8 Å². The monoisotopic (exact) mass is 287 g/mol. The summed E-state index contributed by atoms with van der Waals surface area (Å²) in [6.45, 7) is 5.92. The standard InChI is InChI=1S/C16H21N3O2/c1-12-9-15(13(2)21-12)16(20)19-8-4-7-18-11-14-5-3-6-17-10-14/h3,5-6,9-10,18H,4,7-8,11H2,1-2H3,(H,19,20). The number of nitrogens with one attached hydrogen (secondary N) is 2. The molecule has 21 heavy (non-hydrogen) atoms. The quantitative estimate of drug-likeness (QED) is 0.766. The zero-order valence-corrected chi connectivity index (χ0v) is 12.5. The lowest BCUT2D eigenvalue weighted by atomic mass is 10.2. The molecule has 112 valence electrons. The third-order valence-corrected chi connectivity index (χ3v) is 3.15. The van der Waals surface area contributed by atoms with Crippen molar-refractivity contribution in [2.45, 2.75) is 26.8 Å². The first-order valence-corrected chi connectivity index (χ1v) is 7.11. The number of amides is 1. The van der Waals surface area contributed by atoms with Crippen molar-refractivity contribution in [1.29, 1.82) is 0 Å². The van der Waals surface area contributed by atoms with Crippen LogP contribution in [-0.2, 0) is 6.54 Å². The maximum Gasteiger partial charge on any atom is 0.254 e. The number of pyridine rings is 1. The van der Waals surface area contributed by atoms with Crippen molar-refractivity contribution in [3.8, 4) is 0 Å². The molecule has 5 nitrogen and oxygen atoms in total. The fraction of sp³-hybridized carbons (Fsp3) is 0.375. The Kier molecular flexibility index (Phi) is 5.51. The summed E-state index contributed by atoms with van der Waals surface area (Å²) >= 11 is 0. The Morgan fingerprint density at radius 3 is 2.86 bits per heavy atom. The highest BCUT2D eigenvalue weighted by Crippen LogP contribution is 2.13. The predicted octanol–water partition coefficient (Wildman–Crippen LogP) is 2.20. The van der Waals surface area contributed by atoms with Gasteiger partial charge in [-0.05, 0) is 44.5 Å². The fourth-order valence-corrected chi connectivity index (χ4v) is 2.10. The van der Waals surface area contributed by atoms with Gasteiger partial charge in [-0.25, -0.2) is 0 Å². The van der Waals surface area contributed by atoms with Crippen LogP contribution in [0.4, 0.5) is 0 Å². The molecule has 0 bridgehead atoms. The highest BCUT2D eigenvalue weighted by molar-refractivity contribution is 5.95. The molecule has 0 radical (unpaired) electrons. The lowest BCUT2D eigenvalue weighted by molar-refractivity contribution is 0.0951. The average molecular weight is 287 g/mol. The van der Waals surface area contributed by atoms with E-state index in [1.807, 2.05) is 25.3 Å². The van der Waals surface area contributed by atoms with Crippen LogP contribution in [0.1, 0.15) is 33.9 Å². The number of hydrogen-bond acceptors (Lipinski definition) is 4. The number of hydrogen-bond donors (Lipinski definition) is 2. The summed E-state index contributed by atoms with van der Waals surface area (Å²) in [6, 6.07) is 5.73. The van der Waals surface area contributed by atoms with Crippen LogP contribution in [0.15, 0.2) is 35.0 Å². The highest BCUT2D eigenvalue weighted by Gasteiger charge is 2.12. The number of carbonyl (C=O) groups is 1. The maximum absolute atomic E-state index is 11.9. The molecular formula is C16H21N3O2. The predicted molar refractivity (Wildman–Crippen MR) is 81.1 cm³/mol. The van der Waals surface area contributed by atoms with Crippen molar-refractivity contribution in [2.24, 2.45) is 0 Å². The van der Waals surface area contributed by atoms with Gasteiger partial charge in [-0.1, -0.05) is 6.07 Å². The van der Waals surface area contributed by atoms with Gasteiger partial charge in [0.15, 0.2) is 0 Å². The molecule has 0 aliphatic carbocycles. The second-order valence-electron chi connectivity index (χ2n) is 4.97. The van der Waals surface area contributed by atoms with Gasteiger partial charge in [0.2, 0.25) is 0 Å². The molecule has 5 heteroatoms. The van der Waals surface area contributed by atoms with E-state index in [1.165, 1.54) is 0 Å². The smallest absolute Gasteiger partial charge is 0.254 e. The molecule has 0 aliphatic rings. The number of aryl methyl sites for hydroxylation is 2. The van der Waals surface area contributed by atoms with Crippen molar-refractivity contribution < 1.29 is 9.21 Å². The van der Waals surface area contributed by atoms with Gasteiger partial charge in [0.25, 0.3) is 5.91 Å². The summed E-state index contributed by atoms with van der Waals surface area (Å²) in [6.07, 6.45) is 4.49. The molecule has 2 aromatic heterocycles. The number of carbonyl (C=O) groups excluding carboxylic acids is 1. The number of aromatic nitrogens is 1. The van der Waals surface area contributed by atoms with Gasteiger partial charge in [0.05, 0.1) is 5.56 Å². The summed E-state index contributed by atoms with van der Waals surface area (Å²) in [5.74, 6) is 1.35. The SMILES string of the molecule is Cc1cc(C(=O)NCCCNCc2cccnc2)c(C)o1. The van der Waals surface area contributed by atoms with Crippen molar-refractivity contribution in [1.82, 2.24) is 15.6 Å². The fourth-order valence-electron chi connectivity index (χ4n) is 2.10. The highest BCUT2D eigenvalue weighted by atomic mass is 16.3. The van der Waals surface area contributed by atoms with Crippen molar-refractivity contribution >= 4 is 5.91 Å². The van der Waals surface area contributed by atoms with Crippen LogP contribution in [0.2, 0.25) is 0 Å². The molecule has 2 aromatic rings. The molecule has 0 saturated carbocycles. The van der Waals surface area contributed by atoms with E-state index in [4.69, 9.17) is 4.42 Å². The molecule has 2 N–H and O–H groups in total. The molecule has 0 saturated heterocycles. The molecule has 0 unspecified atom stereocenters. The molecule has 0 fully saturated rings. The van der Waals surface area contributed by atoms with E-state index >= 15 is 0 Å². The van der Waals surface area contributed by atoms with E-state index in [9.17, 15) is 4.79 Å². The van der Waals surface area contributed by atoms with Crippen LogP contribution in [0, 0.1) is 13.8 Å². The van der Waals surface area contributed by atoms with Gasteiger partial charge in [-0.3, -0.25) is 9.78 Å². The number of rotatable bonds is 7. The van der Waals surface area contributed by atoms with Gasteiger partial charge in [0, 0.05) is 25.5 Å². The van der Waals surface area contributed by atoms with E-state index in [1.54, 1.807) is 19.2 Å². The van der Waals surface area contributed by atoms with E-state index in [2.05, 4.69) is 15.6 Å². The minimum Gasteiger partial charge on any atom is -0.466 e. The Balaban J connectivity index is 1.62. The first-order valence-electron chi connectivity index (χ1n) is 7.11. The Bertz CT molecular complexity index is 578. The Labute approximate surface area is 124 Å². The second-order valence-corrected chi connectivity index (χ2v) is 4.97. The zero-order valence-electron chi connectivity index (χ0n) is 12.5. The Hall–Kier alpha value is -2.14. The maximum atomic E-state index is 11.9. The van der Waals surface area contributed by atoms with Crippen LogP contribution < -0.4 is 10.6 Å². The largest absolute Gasteiger partial charge is 0.466 e. The van der Waals surface area contributed by atoms with E-state index < -0.39 is 0 Å². The average Bonchev–Trinajstić information content (AvgIpc) is 2.82. The summed E-state index contributed by atoms with van der Waals surface area (Å²) in [5.41, 5.74) is 1.78. The van der Waals surface area contributed by atoms with E-state index in [-0.39, 0.29) is 5.91 Å². The molecule has 0 aliphatic heterocycles. The summed E-state index contributed by atoms with van der Waals surface area (Å²) in [7, 11) is 0. The first kappa shape index (κ1) is 15.3. The van der Waals surface area contributed by atoms with Crippen molar-refractivity contribution in [2.75, 3.05) is 13.1 Å². The second kappa shape index (κ2) is 7.59. The van der Waals surface area contributed by atoms with Gasteiger partial charge in [-0.15, -0.1) is 0 Å². The van der Waals surface area contributed by atoms with Crippen LogP contribution >= 0.6 is 0 Å². The lowest BCUT2D eigenvalue weighted by Crippen LogP contribution is -2.27. The Morgan fingerprint density at radius 1 is 1.33 bits per heavy atom. The normalized spacial score (nSPS) is 10.6. The minimum atomic E-state index is -0.0726. The van der Waals surface area contributed by atoms with Gasteiger partial charge < -0.3 is 15.1 Å². The molecule has 2 rings (SSSR count). The lowest BCUT2D eigenvalue weighted by Gasteiger charge is -2.06. The van der Waals surface area contributed by atoms with Gasteiger partial charge in [0.1, 0.15) is 11.5 Å². The summed E-state index contributed by atoms with van der Waals surface area (Å²) in [5, 5.41) is 6.22. The zero-order chi connectivity index (χ0) is 15.1. The van der Waals surface area contributed by atoms with Crippen molar-refractivity contribution in [3.05, 3.63) is 53.2 Å². The first-order chi connectivity index (χ1) is 10.2. The van der Waals surface area contributed by atoms with Crippen molar-refractivity contribution in [3.63, 3.8) is 0 Å². The van der Waals surface area contributed by atoms with Gasteiger partial charge >= 0.3 is 0 Å². The number of furan rings is 1. The minimum absolute atomic E-state index is 0.0726. The topological polar surface area (TPSA) is 67.2 Å². The molecule has 0 atom stereocenters. The van der Waals surface area contributed by atoms with Crippen LogP contribution in [0.25, 0.3) is 0 Å². The third kappa shape index (κ3) is 4.72. The summed E-state index contributed by atoms with van der Waals surface area (Å²) < 4.78 is 5.35. The summed E-state index contributed by atoms with van der Waals surface area (Å²) in [4.78, 5) is 16.0. The van der Waals surface area contributed by atoms with Crippen LogP contribution in [0.5, 0.6) is 0 Å². The molecule has 0 spiro atoms. The molecule has 0 aromatic carbocycles. The van der Waals surface area contributed by atoms with Crippen LogP contribution in [-0.4, -0.2) is 24.0 Å². The molecular weight excluding hydrogens is 266 g/mol. The number of nitrogens with zero attached hydrogens (tertiary/aromatic N) is 1. The van der Waals surface area contributed by atoms with E-state index in [0.29, 0.717) is 17.9 Å². The Morgan fingerprint density at radius 2 is 2.19 bits per heavy atom. The van der Waals surface area contributed by atoms with Crippen LogP contribution in [0.3, 0.4) is 0 Å². The molecule has 1 amide bonds. The molecule has 2 heterocycles.